The van der Waals surface area contributed by atoms with Crippen LogP contribution in [0.1, 0.15) is 65.2 Å². The lowest BCUT2D eigenvalue weighted by Gasteiger charge is -2.26. The van der Waals surface area contributed by atoms with Gasteiger partial charge in [0.1, 0.15) is 0 Å². The van der Waals surface area contributed by atoms with Crippen LogP contribution in [0.25, 0.3) is 0 Å². The van der Waals surface area contributed by atoms with Gasteiger partial charge in [0, 0.05) is 0 Å². The van der Waals surface area contributed by atoms with Gasteiger partial charge in [-0.3, -0.25) is 0 Å². The number of allylic oxidation sites excluding steroid dienone is 8. The standard InChI is InChI=1S/C22H30/c1-15-3-11-21-17(7-9-19(21)13-15)5-6-18-8-10-20-14-16(2)4-12-22(18)20/h7-10,15-18H,3-6,11-14H2,1-2H3. The zero-order valence-electron chi connectivity index (χ0n) is 14.3. The molecule has 4 atom stereocenters. The molecule has 0 aromatic heterocycles. The first-order chi connectivity index (χ1) is 10.7. The van der Waals surface area contributed by atoms with Crippen LogP contribution in [-0.2, 0) is 0 Å². The van der Waals surface area contributed by atoms with Gasteiger partial charge < -0.3 is 0 Å². The van der Waals surface area contributed by atoms with Crippen LogP contribution >= 0.6 is 0 Å². The highest BCUT2D eigenvalue weighted by molar-refractivity contribution is 5.40. The quantitative estimate of drug-likeness (QED) is 0.567. The van der Waals surface area contributed by atoms with Gasteiger partial charge in [0.25, 0.3) is 0 Å². The summed E-state index contributed by atoms with van der Waals surface area (Å²) in [6.07, 6.45) is 20.9. The summed E-state index contributed by atoms with van der Waals surface area (Å²) < 4.78 is 0. The molecule has 0 amide bonds. The molecule has 0 heteroatoms. The Balaban J connectivity index is 1.38. The van der Waals surface area contributed by atoms with Crippen molar-refractivity contribution in [3.8, 4) is 0 Å². The highest BCUT2D eigenvalue weighted by Gasteiger charge is 2.29. The molecule has 0 fully saturated rings. The van der Waals surface area contributed by atoms with Crippen molar-refractivity contribution < 1.29 is 0 Å². The minimum atomic E-state index is 0.767. The molecule has 4 rings (SSSR count). The van der Waals surface area contributed by atoms with Crippen LogP contribution in [-0.4, -0.2) is 0 Å². The van der Waals surface area contributed by atoms with Crippen LogP contribution in [0, 0.1) is 23.7 Å². The minimum absolute atomic E-state index is 0.767. The predicted octanol–water partition coefficient (Wildman–Crippen LogP) is 6.37. The molecule has 0 aromatic carbocycles. The fourth-order valence-electron chi connectivity index (χ4n) is 5.14. The summed E-state index contributed by atoms with van der Waals surface area (Å²) in [5, 5.41) is 0. The van der Waals surface area contributed by atoms with Gasteiger partial charge in [-0.05, 0) is 86.2 Å². The molecule has 0 radical (unpaired) electrons. The van der Waals surface area contributed by atoms with Crippen molar-refractivity contribution in [1.29, 1.82) is 0 Å². The molecule has 4 aliphatic rings. The van der Waals surface area contributed by atoms with E-state index in [9.17, 15) is 0 Å². The molecule has 0 spiro atoms. The van der Waals surface area contributed by atoms with Crippen molar-refractivity contribution in [3.05, 3.63) is 46.6 Å². The van der Waals surface area contributed by atoms with Crippen LogP contribution in [0.3, 0.4) is 0 Å². The fourth-order valence-corrected chi connectivity index (χ4v) is 5.14. The zero-order valence-corrected chi connectivity index (χ0v) is 14.3. The van der Waals surface area contributed by atoms with Gasteiger partial charge in [-0.15, -0.1) is 0 Å². The Bertz CT molecular complexity index is 517. The van der Waals surface area contributed by atoms with Crippen LogP contribution in [0.2, 0.25) is 0 Å². The Hall–Kier alpha value is -1.04. The maximum absolute atomic E-state index is 2.51. The first-order valence-corrected chi connectivity index (χ1v) is 9.51. The molecule has 0 saturated heterocycles. The number of rotatable bonds is 3. The zero-order chi connectivity index (χ0) is 15.1. The summed E-state index contributed by atoms with van der Waals surface area (Å²) in [4.78, 5) is 0. The van der Waals surface area contributed by atoms with Gasteiger partial charge in [0.15, 0.2) is 0 Å². The first kappa shape index (κ1) is 14.5. The van der Waals surface area contributed by atoms with Crippen molar-refractivity contribution >= 4 is 0 Å². The van der Waals surface area contributed by atoms with Crippen LogP contribution in [0.4, 0.5) is 0 Å². The van der Waals surface area contributed by atoms with E-state index < -0.39 is 0 Å². The smallest absolute Gasteiger partial charge is 0.00139 e. The monoisotopic (exact) mass is 294 g/mol. The van der Waals surface area contributed by atoms with Crippen LogP contribution < -0.4 is 0 Å². The second-order valence-electron chi connectivity index (χ2n) is 8.31. The molecule has 22 heavy (non-hydrogen) atoms. The lowest BCUT2D eigenvalue weighted by Crippen LogP contribution is -2.12. The molecular formula is C22H30. The van der Waals surface area contributed by atoms with Gasteiger partial charge in [0.05, 0.1) is 0 Å². The Morgan fingerprint density at radius 1 is 0.773 bits per heavy atom. The minimum Gasteiger partial charge on any atom is -0.0771 e. The second kappa shape index (κ2) is 5.87. The maximum Gasteiger partial charge on any atom is -0.00139 e. The summed E-state index contributed by atoms with van der Waals surface area (Å²) in [5.74, 6) is 3.33. The molecule has 4 aliphatic carbocycles. The topological polar surface area (TPSA) is 0 Å². The molecule has 0 N–H and O–H groups in total. The summed E-state index contributed by atoms with van der Waals surface area (Å²) >= 11 is 0. The summed E-state index contributed by atoms with van der Waals surface area (Å²) in [6, 6.07) is 0. The van der Waals surface area contributed by atoms with Crippen molar-refractivity contribution in [2.24, 2.45) is 23.7 Å². The third kappa shape index (κ3) is 2.66. The van der Waals surface area contributed by atoms with Crippen LogP contribution in [0.5, 0.6) is 0 Å². The Morgan fingerprint density at radius 2 is 1.23 bits per heavy atom. The molecule has 0 saturated carbocycles. The van der Waals surface area contributed by atoms with E-state index in [2.05, 4.69) is 38.2 Å². The molecule has 118 valence electrons. The van der Waals surface area contributed by atoms with Crippen molar-refractivity contribution in [3.63, 3.8) is 0 Å². The fraction of sp³-hybridized carbons (Fsp3) is 0.636. The highest BCUT2D eigenvalue weighted by Crippen LogP contribution is 2.44. The van der Waals surface area contributed by atoms with E-state index >= 15 is 0 Å². The Kier molecular flexibility index (Phi) is 3.88. The van der Waals surface area contributed by atoms with E-state index in [4.69, 9.17) is 0 Å². The third-order valence-corrected chi connectivity index (χ3v) is 6.52. The van der Waals surface area contributed by atoms with Gasteiger partial charge in [-0.2, -0.15) is 0 Å². The summed E-state index contributed by atoms with van der Waals surface area (Å²) in [6.45, 7) is 4.82. The van der Waals surface area contributed by atoms with E-state index in [0.29, 0.717) is 0 Å². The molecule has 0 nitrogen and oxygen atoms in total. The SMILES string of the molecule is CC1CCC2=C(C=CC2CCC2C=CC3=C2CCC(C)C3)C1. The number of hydrogen-bond donors (Lipinski definition) is 0. The average molecular weight is 294 g/mol. The van der Waals surface area contributed by atoms with Crippen molar-refractivity contribution in [2.45, 2.75) is 65.2 Å². The molecular weight excluding hydrogens is 264 g/mol. The van der Waals surface area contributed by atoms with Gasteiger partial charge in [0.2, 0.25) is 0 Å². The molecule has 0 aliphatic heterocycles. The van der Waals surface area contributed by atoms with Gasteiger partial charge in [-0.1, -0.05) is 49.3 Å². The molecule has 4 unspecified atom stereocenters. The lowest BCUT2D eigenvalue weighted by atomic mass is 9.79. The van der Waals surface area contributed by atoms with Crippen LogP contribution in [0.15, 0.2) is 46.6 Å². The Labute approximate surface area is 136 Å². The average Bonchev–Trinajstić information content (AvgIpc) is 3.08. The van der Waals surface area contributed by atoms with Crippen molar-refractivity contribution in [1.82, 2.24) is 0 Å². The molecule has 0 bridgehead atoms. The largest absolute Gasteiger partial charge is 0.0771 e. The predicted molar refractivity (Wildman–Crippen MR) is 94.6 cm³/mol. The van der Waals surface area contributed by atoms with Gasteiger partial charge >= 0.3 is 0 Å². The Morgan fingerprint density at radius 3 is 1.68 bits per heavy atom. The third-order valence-electron chi connectivity index (χ3n) is 6.52. The molecule has 0 heterocycles. The van der Waals surface area contributed by atoms with Gasteiger partial charge in [-0.25, -0.2) is 0 Å². The number of hydrogen-bond acceptors (Lipinski definition) is 0. The van der Waals surface area contributed by atoms with Crippen molar-refractivity contribution in [2.75, 3.05) is 0 Å². The van der Waals surface area contributed by atoms with E-state index in [1.165, 1.54) is 51.4 Å². The van der Waals surface area contributed by atoms with E-state index in [1.54, 1.807) is 22.3 Å². The summed E-state index contributed by atoms with van der Waals surface area (Å²) in [7, 11) is 0. The normalized spacial score (nSPS) is 37.0. The maximum atomic E-state index is 2.51. The highest BCUT2D eigenvalue weighted by atomic mass is 14.3. The van der Waals surface area contributed by atoms with E-state index in [1.807, 2.05) is 0 Å². The first-order valence-electron chi connectivity index (χ1n) is 9.51. The second-order valence-corrected chi connectivity index (χ2v) is 8.31. The van der Waals surface area contributed by atoms with E-state index in [-0.39, 0.29) is 0 Å². The lowest BCUT2D eigenvalue weighted by molar-refractivity contribution is 0.457. The summed E-state index contributed by atoms with van der Waals surface area (Å²) in [5.41, 5.74) is 6.98. The van der Waals surface area contributed by atoms with E-state index in [0.717, 1.165) is 23.7 Å². The molecule has 0 aromatic rings.